The van der Waals surface area contributed by atoms with Gasteiger partial charge in [-0.05, 0) is 19.9 Å². The Hall–Kier alpha value is -1.09. The number of pyridine rings is 1. The first-order chi connectivity index (χ1) is 6.16. The second kappa shape index (κ2) is 4.23. The molecule has 0 saturated carbocycles. The molecule has 13 heavy (non-hydrogen) atoms. The van der Waals surface area contributed by atoms with Gasteiger partial charge in [-0.25, -0.2) is 4.98 Å². The Morgan fingerprint density at radius 2 is 2.23 bits per heavy atom. The van der Waals surface area contributed by atoms with E-state index in [0.717, 1.165) is 11.4 Å². The molecule has 1 aromatic rings. The Bertz CT molecular complexity index is 273. The van der Waals surface area contributed by atoms with E-state index in [4.69, 9.17) is 5.11 Å². The van der Waals surface area contributed by atoms with E-state index < -0.39 is 0 Å². The van der Waals surface area contributed by atoms with E-state index in [9.17, 15) is 0 Å². The highest BCUT2D eigenvalue weighted by Crippen LogP contribution is 2.17. The predicted molar refractivity (Wildman–Crippen MR) is 53.7 cm³/mol. The summed E-state index contributed by atoms with van der Waals surface area (Å²) in [5.41, 5.74) is 0.874. The van der Waals surface area contributed by atoms with Crippen LogP contribution < -0.4 is 4.90 Å². The van der Waals surface area contributed by atoms with Crippen molar-refractivity contribution >= 4 is 5.82 Å². The normalized spacial score (nSPS) is 10.5. The number of aromatic nitrogens is 1. The second-order valence-electron chi connectivity index (χ2n) is 3.35. The van der Waals surface area contributed by atoms with Crippen LogP contribution in [0.3, 0.4) is 0 Å². The van der Waals surface area contributed by atoms with Crippen LogP contribution in [-0.4, -0.2) is 23.2 Å². The molecular weight excluding hydrogens is 164 g/mol. The molecule has 0 aliphatic carbocycles. The van der Waals surface area contributed by atoms with Crippen LogP contribution in [0.1, 0.15) is 19.4 Å². The van der Waals surface area contributed by atoms with Gasteiger partial charge in [-0.15, -0.1) is 0 Å². The largest absolute Gasteiger partial charge is 0.392 e. The molecule has 0 spiro atoms. The van der Waals surface area contributed by atoms with Crippen LogP contribution in [0.5, 0.6) is 0 Å². The molecule has 0 aliphatic heterocycles. The summed E-state index contributed by atoms with van der Waals surface area (Å²) >= 11 is 0. The molecule has 0 amide bonds. The van der Waals surface area contributed by atoms with Crippen molar-refractivity contribution in [3.8, 4) is 0 Å². The summed E-state index contributed by atoms with van der Waals surface area (Å²) in [7, 11) is 1.98. The first-order valence-electron chi connectivity index (χ1n) is 4.44. The third-order valence-corrected chi connectivity index (χ3v) is 2.15. The van der Waals surface area contributed by atoms with Gasteiger partial charge in [0.15, 0.2) is 0 Å². The summed E-state index contributed by atoms with van der Waals surface area (Å²) < 4.78 is 0. The van der Waals surface area contributed by atoms with Crippen LogP contribution in [0, 0.1) is 0 Å². The van der Waals surface area contributed by atoms with Crippen molar-refractivity contribution in [2.75, 3.05) is 11.9 Å². The van der Waals surface area contributed by atoms with Gasteiger partial charge in [0.25, 0.3) is 0 Å². The molecule has 3 heteroatoms. The monoisotopic (exact) mass is 180 g/mol. The lowest BCUT2D eigenvalue weighted by atomic mass is 10.2. The number of anilines is 1. The molecule has 1 rings (SSSR count). The van der Waals surface area contributed by atoms with E-state index in [1.807, 2.05) is 24.1 Å². The van der Waals surface area contributed by atoms with Gasteiger partial charge in [-0.1, -0.05) is 6.07 Å². The predicted octanol–water partition coefficient (Wildman–Crippen LogP) is 1.42. The van der Waals surface area contributed by atoms with Crippen molar-refractivity contribution in [1.82, 2.24) is 4.98 Å². The summed E-state index contributed by atoms with van der Waals surface area (Å²) in [4.78, 5) is 6.28. The Morgan fingerprint density at radius 3 is 2.77 bits per heavy atom. The SMILES string of the molecule is CC(C)N(C)c1ncccc1CO. The van der Waals surface area contributed by atoms with Crippen molar-refractivity contribution in [3.05, 3.63) is 23.9 Å². The Labute approximate surface area is 79.0 Å². The van der Waals surface area contributed by atoms with Gasteiger partial charge in [0, 0.05) is 24.8 Å². The zero-order valence-electron chi connectivity index (χ0n) is 8.36. The molecule has 0 aliphatic rings. The molecule has 1 heterocycles. The van der Waals surface area contributed by atoms with E-state index in [1.165, 1.54) is 0 Å². The maximum atomic E-state index is 9.08. The molecule has 0 fully saturated rings. The Kier molecular flexibility index (Phi) is 3.25. The lowest BCUT2D eigenvalue weighted by Gasteiger charge is -2.24. The Morgan fingerprint density at radius 1 is 1.54 bits per heavy atom. The van der Waals surface area contributed by atoms with Crippen LogP contribution in [0.2, 0.25) is 0 Å². The summed E-state index contributed by atoms with van der Waals surface area (Å²) in [6.07, 6.45) is 1.74. The van der Waals surface area contributed by atoms with E-state index >= 15 is 0 Å². The molecule has 1 N–H and O–H groups in total. The van der Waals surface area contributed by atoms with Crippen LogP contribution in [-0.2, 0) is 6.61 Å². The molecule has 3 nitrogen and oxygen atoms in total. The summed E-state index contributed by atoms with van der Waals surface area (Å²) in [5, 5.41) is 9.08. The molecule has 0 aromatic carbocycles. The maximum absolute atomic E-state index is 9.08. The first-order valence-corrected chi connectivity index (χ1v) is 4.44. The van der Waals surface area contributed by atoms with Crippen LogP contribution in [0.25, 0.3) is 0 Å². The van der Waals surface area contributed by atoms with Crippen molar-refractivity contribution in [1.29, 1.82) is 0 Å². The van der Waals surface area contributed by atoms with Crippen molar-refractivity contribution in [2.45, 2.75) is 26.5 Å². The zero-order valence-corrected chi connectivity index (χ0v) is 8.36. The number of aliphatic hydroxyl groups is 1. The third-order valence-electron chi connectivity index (χ3n) is 2.15. The van der Waals surface area contributed by atoms with Crippen LogP contribution in [0.4, 0.5) is 5.82 Å². The topological polar surface area (TPSA) is 36.4 Å². The maximum Gasteiger partial charge on any atom is 0.134 e. The summed E-state index contributed by atoms with van der Waals surface area (Å²) in [5.74, 6) is 0.861. The third kappa shape index (κ3) is 2.18. The minimum atomic E-state index is 0.0419. The minimum Gasteiger partial charge on any atom is -0.392 e. The summed E-state index contributed by atoms with van der Waals surface area (Å²) in [6.45, 7) is 4.23. The number of nitrogens with zero attached hydrogens (tertiary/aromatic N) is 2. The van der Waals surface area contributed by atoms with Crippen LogP contribution >= 0.6 is 0 Å². The lowest BCUT2D eigenvalue weighted by molar-refractivity contribution is 0.281. The van der Waals surface area contributed by atoms with Gasteiger partial charge in [0.05, 0.1) is 6.61 Å². The van der Waals surface area contributed by atoms with Gasteiger partial charge >= 0.3 is 0 Å². The molecule has 72 valence electrons. The van der Waals surface area contributed by atoms with Crippen molar-refractivity contribution in [3.63, 3.8) is 0 Å². The molecule has 0 saturated heterocycles. The van der Waals surface area contributed by atoms with E-state index in [1.54, 1.807) is 6.20 Å². The fourth-order valence-electron chi connectivity index (χ4n) is 1.12. The van der Waals surface area contributed by atoms with E-state index in [0.29, 0.717) is 6.04 Å². The smallest absolute Gasteiger partial charge is 0.134 e. The summed E-state index contributed by atoms with van der Waals surface area (Å²) in [6, 6.07) is 4.12. The second-order valence-corrected chi connectivity index (χ2v) is 3.35. The molecule has 0 bridgehead atoms. The molecule has 1 aromatic heterocycles. The molecule has 0 atom stereocenters. The first kappa shape index (κ1) is 9.99. The highest BCUT2D eigenvalue weighted by atomic mass is 16.3. The number of hydrogen-bond acceptors (Lipinski definition) is 3. The molecule has 0 radical (unpaired) electrons. The quantitative estimate of drug-likeness (QED) is 0.764. The van der Waals surface area contributed by atoms with Gasteiger partial charge in [-0.3, -0.25) is 0 Å². The van der Waals surface area contributed by atoms with E-state index in [2.05, 4.69) is 18.8 Å². The lowest BCUT2D eigenvalue weighted by Crippen LogP contribution is -2.27. The molecule has 0 unspecified atom stereocenters. The average molecular weight is 180 g/mol. The van der Waals surface area contributed by atoms with Crippen molar-refractivity contribution < 1.29 is 5.11 Å². The van der Waals surface area contributed by atoms with Gasteiger partial charge in [0.2, 0.25) is 0 Å². The Balaban J connectivity index is 2.98. The van der Waals surface area contributed by atoms with E-state index in [-0.39, 0.29) is 6.61 Å². The zero-order chi connectivity index (χ0) is 9.84. The fourth-order valence-corrected chi connectivity index (χ4v) is 1.12. The highest BCUT2D eigenvalue weighted by molar-refractivity contribution is 5.46. The number of rotatable bonds is 3. The molecular formula is C10H16N2O. The van der Waals surface area contributed by atoms with Crippen molar-refractivity contribution in [2.24, 2.45) is 0 Å². The minimum absolute atomic E-state index is 0.0419. The average Bonchev–Trinajstić information content (AvgIpc) is 2.16. The fraction of sp³-hybridized carbons (Fsp3) is 0.500. The van der Waals surface area contributed by atoms with Crippen LogP contribution in [0.15, 0.2) is 18.3 Å². The number of aliphatic hydroxyl groups excluding tert-OH is 1. The highest BCUT2D eigenvalue weighted by Gasteiger charge is 2.09. The van der Waals surface area contributed by atoms with Gasteiger partial charge in [0.1, 0.15) is 5.82 Å². The number of hydrogen-bond donors (Lipinski definition) is 1. The van der Waals surface area contributed by atoms with Gasteiger partial charge in [-0.2, -0.15) is 0 Å². The standard InChI is InChI=1S/C10H16N2O/c1-8(2)12(3)10-9(7-13)5-4-6-11-10/h4-6,8,13H,7H2,1-3H3. The van der Waals surface area contributed by atoms with Gasteiger partial charge < -0.3 is 10.0 Å².